The number of amides is 2. The third-order valence-corrected chi connectivity index (χ3v) is 3.21. The molecule has 0 aromatic heterocycles. The molecule has 1 aliphatic rings. The molecule has 0 aromatic carbocycles. The van der Waals surface area contributed by atoms with Crippen molar-refractivity contribution in [2.45, 2.75) is 32.7 Å². The van der Waals surface area contributed by atoms with Gasteiger partial charge in [-0.15, -0.1) is 0 Å². The lowest BCUT2D eigenvalue weighted by Crippen LogP contribution is -2.43. The number of likely N-dealkylation sites (tertiary alicyclic amines) is 1. The number of carboxylic acids is 1. The van der Waals surface area contributed by atoms with E-state index in [1.807, 2.05) is 13.8 Å². The molecule has 2 amide bonds. The second kappa shape index (κ2) is 6.58. The van der Waals surface area contributed by atoms with Crippen molar-refractivity contribution in [1.82, 2.24) is 9.80 Å². The Balaban J connectivity index is 2.64. The van der Waals surface area contributed by atoms with Gasteiger partial charge in [-0.05, 0) is 12.8 Å². The van der Waals surface area contributed by atoms with E-state index in [2.05, 4.69) is 0 Å². The van der Waals surface area contributed by atoms with Gasteiger partial charge in [0.1, 0.15) is 0 Å². The van der Waals surface area contributed by atoms with Crippen LogP contribution in [0.15, 0.2) is 0 Å². The highest BCUT2D eigenvalue weighted by Crippen LogP contribution is 2.17. The molecule has 2 atom stereocenters. The lowest BCUT2D eigenvalue weighted by Gasteiger charge is -2.27. The Morgan fingerprint density at radius 2 is 1.83 bits per heavy atom. The second-order valence-electron chi connectivity index (χ2n) is 4.78. The standard InChI is InChI=1S/C12H23N3O3/c1-3-5-14(6-4-2)12(18)15-7-9(11(16)17)10(13)8-15/h9-10H,3-8,13H2,1-2H3,(H,16,17)/t9-,10+/m0/s1. The zero-order valence-electron chi connectivity index (χ0n) is 11.1. The lowest BCUT2D eigenvalue weighted by molar-refractivity contribution is -0.141. The predicted molar refractivity (Wildman–Crippen MR) is 68.2 cm³/mol. The number of rotatable bonds is 5. The molecule has 1 heterocycles. The van der Waals surface area contributed by atoms with Crippen LogP contribution >= 0.6 is 0 Å². The number of nitrogens with two attached hydrogens (primary N) is 1. The summed E-state index contributed by atoms with van der Waals surface area (Å²) in [6.07, 6.45) is 1.79. The molecule has 3 N–H and O–H groups in total. The van der Waals surface area contributed by atoms with E-state index in [1.165, 1.54) is 0 Å². The van der Waals surface area contributed by atoms with Crippen molar-refractivity contribution in [1.29, 1.82) is 0 Å². The molecule has 0 radical (unpaired) electrons. The van der Waals surface area contributed by atoms with E-state index in [-0.39, 0.29) is 12.6 Å². The first-order valence-corrected chi connectivity index (χ1v) is 6.53. The first kappa shape index (κ1) is 14.8. The van der Waals surface area contributed by atoms with E-state index < -0.39 is 17.9 Å². The molecule has 1 fully saturated rings. The molecule has 6 heteroatoms. The fourth-order valence-electron chi connectivity index (χ4n) is 2.29. The van der Waals surface area contributed by atoms with Gasteiger partial charge in [0.15, 0.2) is 0 Å². The third kappa shape index (κ3) is 3.35. The first-order chi connectivity index (χ1) is 8.51. The number of aliphatic carboxylic acids is 1. The maximum absolute atomic E-state index is 12.2. The van der Waals surface area contributed by atoms with Crippen molar-refractivity contribution in [2.75, 3.05) is 26.2 Å². The maximum Gasteiger partial charge on any atom is 0.320 e. The Morgan fingerprint density at radius 3 is 2.22 bits per heavy atom. The molecule has 1 rings (SSSR count). The van der Waals surface area contributed by atoms with Crippen LogP contribution in [0.3, 0.4) is 0 Å². The highest BCUT2D eigenvalue weighted by Gasteiger charge is 2.38. The number of carbonyl (C=O) groups is 2. The van der Waals surface area contributed by atoms with Crippen molar-refractivity contribution >= 4 is 12.0 Å². The van der Waals surface area contributed by atoms with Crippen molar-refractivity contribution in [2.24, 2.45) is 11.7 Å². The summed E-state index contributed by atoms with van der Waals surface area (Å²) in [6.45, 7) is 6.00. The van der Waals surface area contributed by atoms with E-state index in [4.69, 9.17) is 10.8 Å². The molecule has 0 aliphatic carbocycles. The van der Waals surface area contributed by atoms with Crippen LogP contribution in [0.2, 0.25) is 0 Å². The Kier molecular flexibility index (Phi) is 5.40. The van der Waals surface area contributed by atoms with Gasteiger partial charge in [0, 0.05) is 32.2 Å². The summed E-state index contributed by atoms with van der Waals surface area (Å²) in [5.74, 6) is -1.56. The Bertz CT molecular complexity index is 303. The Morgan fingerprint density at radius 1 is 1.28 bits per heavy atom. The molecule has 0 saturated carbocycles. The van der Waals surface area contributed by atoms with Crippen LogP contribution in [-0.4, -0.2) is 59.1 Å². The van der Waals surface area contributed by atoms with Gasteiger partial charge in [-0.25, -0.2) is 4.79 Å². The van der Waals surface area contributed by atoms with E-state index in [0.717, 1.165) is 12.8 Å². The molecule has 0 aromatic rings. The molecule has 6 nitrogen and oxygen atoms in total. The molecule has 0 spiro atoms. The van der Waals surface area contributed by atoms with Crippen LogP contribution in [-0.2, 0) is 4.79 Å². The molecule has 0 bridgehead atoms. The third-order valence-electron chi connectivity index (χ3n) is 3.21. The van der Waals surface area contributed by atoms with Crippen molar-refractivity contribution in [3.8, 4) is 0 Å². The van der Waals surface area contributed by atoms with Gasteiger partial charge in [0.25, 0.3) is 0 Å². The van der Waals surface area contributed by atoms with Gasteiger partial charge < -0.3 is 20.6 Å². The summed E-state index contributed by atoms with van der Waals surface area (Å²) in [6, 6.07) is -0.547. The van der Waals surface area contributed by atoms with Crippen LogP contribution in [0.5, 0.6) is 0 Å². The van der Waals surface area contributed by atoms with Crippen LogP contribution < -0.4 is 5.73 Å². The molecule has 1 aliphatic heterocycles. The number of hydrogen-bond acceptors (Lipinski definition) is 3. The van der Waals surface area contributed by atoms with Gasteiger partial charge in [-0.1, -0.05) is 13.8 Å². The summed E-state index contributed by atoms with van der Waals surface area (Å²) in [5, 5.41) is 9.00. The van der Waals surface area contributed by atoms with E-state index >= 15 is 0 Å². The van der Waals surface area contributed by atoms with Gasteiger partial charge in [-0.2, -0.15) is 0 Å². The Labute approximate surface area is 108 Å². The smallest absolute Gasteiger partial charge is 0.320 e. The van der Waals surface area contributed by atoms with Crippen molar-refractivity contribution in [3.63, 3.8) is 0 Å². The molecule has 1 saturated heterocycles. The maximum atomic E-state index is 12.2. The largest absolute Gasteiger partial charge is 0.481 e. The van der Waals surface area contributed by atoms with Crippen molar-refractivity contribution in [3.05, 3.63) is 0 Å². The predicted octanol–water partition coefficient (Wildman–Crippen LogP) is 0.572. The molecule has 104 valence electrons. The topological polar surface area (TPSA) is 86.9 Å². The van der Waals surface area contributed by atoms with Gasteiger partial charge in [0.2, 0.25) is 0 Å². The number of urea groups is 1. The molecular weight excluding hydrogens is 234 g/mol. The summed E-state index contributed by atoms with van der Waals surface area (Å²) in [5.41, 5.74) is 5.76. The minimum Gasteiger partial charge on any atom is -0.481 e. The number of carbonyl (C=O) groups excluding carboxylic acids is 1. The molecule has 18 heavy (non-hydrogen) atoms. The van der Waals surface area contributed by atoms with Gasteiger partial charge >= 0.3 is 12.0 Å². The van der Waals surface area contributed by atoms with Crippen molar-refractivity contribution < 1.29 is 14.7 Å². The monoisotopic (exact) mass is 257 g/mol. The molecule has 0 unspecified atom stereocenters. The second-order valence-corrected chi connectivity index (χ2v) is 4.78. The fourth-order valence-corrected chi connectivity index (χ4v) is 2.29. The summed E-state index contributed by atoms with van der Waals surface area (Å²) >= 11 is 0. The number of nitrogens with zero attached hydrogens (tertiary/aromatic N) is 2. The van der Waals surface area contributed by atoms with Gasteiger partial charge in [-0.3, -0.25) is 4.79 Å². The average Bonchev–Trinajstić information content (AvgIpc) is 2.70. The zero-order chi connectivity index (χ0) is 13.7. The van der Waals surface area contributed by atoms with E-state index in [1.54, 1.807) is 9.80 Å². The highest BCUT2D eigenvalue weighted by molar-refractivity contribution is 5.78. The van der Waals surface area contributed by atoms with Gasteiger partial charge in [0.05, 0.1) is 5.92 Å². The minimum absolute atomic E-state index is 0.0853. The first-order valence-electron chi connectivity index (χ1n) is 6.53. The normalized spacial score (nSPS) is 23.2. The zero-order valence-corrected chi connectivity index (χ0v) is 11.1. The lowest BCUT2D eigenvalue weighted by atomic mass is 10.1. The van der Waals surface area contributed by atoms with E-state index in [0.29, 0.717) is 19.6 Å². The number of hydrogen-bond donors (Lipinski definition) is 2. The summed E-state index contributed by atoms with van der Waals surface area (Å²) in [4.78, 5) is 26.6. The van der Waals surface area contributed by atoms with Crippen LogP contribution in [0.4, 0.5) is 4.79 Å². The van der Waals surface area contributed by atoms with Crippen LogP contribution in [0.1, 0.15) is 26.7 Å². The van der Waals surface area contributed by atoms with Crippen LogP contribution in [0, 0.1) is 5.92 Å². The summed E-state index contributed by atoms with van der Waals surface area (Å²) in [7, 11) is 0. The summed E-state index contributed by atoms with van der Waals surface area (Å²) < 4.78 is 0. The van der Waals surface area contributed by atoms with Crippen LogP contribution in [0.25, 0.3) is 0 Å². The van der Waals surface area contributed by atoms with E-state index in [9.17, 15) is 9.59 Å². The molecular formula is C12H23N3O3. The highest BCUT2D eigenvalue weighted by atomic mass is 16.4. The quantitative estimate of drug-likeness (QED) is 0.754. The number of carboxylic acid groups (broad SMARTS) is 1. The minimum atomic E-state index is -0.921. The fraction of sp³-hybridized carbons (Fsp3) is 0.833. The Hall–Kier alpha value is -1.30. The average molecular weight is 257 g/mol. The SMILES string of the molecule is CCCN(CCC)C(=O)N1C[C@@H](N)[C@@H](C(=O)O)C1.